The van der Waals surface area contributed by atoms with Gasteiger partial charge in [-0.1, -0.05) is 12.8 Å². The number of rotatable bonds is 5. The summed E-state index contributed by atoms with van der Waals surface area (Å²) < 4.78 is 0. The molecule has 1 aliphatic carbocycles. The highest BCUT2D eigenvalue weighted by atomic mass is 16.1. The van der Waals surface area contributed by atoms with Crippen molar-refractivity contribution in [3.63, 3.8) is 0 Å². The van der Waals surface area contributed by atoms with Crippen LogP contribution in [0, 0.1) is 0 Å². The zero-order valence-electron chi connectivity index (χ0n) is 8.88. The van der Waals surface area contributed by atoms with Crippen molar-refractivity contribution >= 4 is 5.78 Å². The van der Waals surface area contributed by atoms with Crippen molar-refractivity contribution in [3.05, 3.63) is 0 Å². The molecule has 1 rings (SSSR count). The number of ketones is 1. The molecule has 2 nitrogen and oxygen atoms in total. The first kappa shape index (κ1) is 10.7. The summed E-state index contributed by atoms with van der Waals surface area (Å²) in [6, 6.07) is 0.798. The first-order valence-electron chi connectivity index (χ1n) is 5.40. The molecule has 0 spiro atoms. The molecule has 0 bridgehead atoms. The van der Waals surface area contributed by atoms with Gasteiger partial charge in [0.1, 0.15) is 5.78 Å². The molecular formula is C11H21NO. The van der Waals surface area contributed by atoms with Gasteiger partial charge in [0.05, 0.1) is 0 Å². The molecule has 0 unspecified atom stereocenters. The van der Waals surface area contributed by atoms with Crippen LogP contribution in [0.3, 0.4) is 0 Å². The Morgan fingerprint density at radius 1 is 1.38 bits per heavy atom. The lowest BCUT2D eigenvalue weighted by Crippen LogP contribution is -2.30. The largest absolute Gasteiger partial charge is 0.303 e. The summed E-state index contributed by atoms with van der Waals surface area (Å²) in [5.41, 5.74) is 0. The van der Waals surface area contributed by atoms with Gasteiger partial charge in [-0.3, -0.25) is 0 Å². The van der Waals surface area contributed by atoms with Crippen molar-refractivity contribution in [2.75, 3.05) is 13.6 Å². The molecule has 0 radical (unpaired) electrons. The van der Waals surface area contributed by atoms with Crippen LogP contribution in [0.4, 0.5) is 0 Å². The minimum Gasteiger partial charge on any atom is -0.303 e. The van der Waals surface area contributed by atoms with Crippen LogP contribution in [0.5, 0.6) is 0 Å². The fraction of sp³-hybridized carbons (Fsp3) is 0.909. The molecule has 0 amide bonds. The lowest BCUT2D eigenvalue weighted by molar-refractivity contribution is -0.117. The molecular weight excluding hydrogens is 162 g/mol. The molecule has 0 atom stereocenters. The molecule has 1 fully saturated rings. The van der Waals surface area contributed by atoms with Crippen LogP contribution in [0.15, 0.2) is 0 Å². The van der Waals surface area contributed by atoms with Crippen LogP contribution in [0.25, 0.3) is 0 Å². The zero-order valence-corrected chi connectivity index (χ0v) is 8.88. The van der Waals surface area contributed by atoms with Gasteiger partial charge in [-0.05, 0) is 39.8 Å². The van der Waals surface area contributed by atoms with Crippen molar-refractivity contribution in [3.8, 4) is 0 Å². The quantitative estimate of drug-likeness (QED) is 0.651. The van der Waals surface area contributed by atoms with Gasteiger partial charge in [0.2, 0.25) is 0 Å². The summed E-state index contributed by atoms with van der Waals surface area (Å²) in [6.45, 7) is 2.76. The fourth-order valence-corrected chi connectivity index (χ4v) is 2.11. The van der Waals surface area contributed by atoms with E-state index in [-0.39, 0.29) is 0 Å². The second-order valence-corrected chi connectivity index (χ2v) is 4.22. The van der Waals surface area contributed by atoms with E-state index in [0.29, 0.717) is 5.78 Å². The van der Waals surface area contributed by atoms with Crippen LogP contribution >= 0.6 is 0 Å². The smallest absolute Gasteiger partial charge is 0.129 e. The van der Waals surface area contributed by atoms with Crippen molar-refractivity contribution in [2.45, 2.75) is 51.5 Å². The molecule has 1 aliphatic rings. The summed E-state index contributed by atoms with van der Waals surface area (Å²) in [7, 11) is 2.19. The van der Waals surface area contributed by atoms with E-state index in [0.717, 1.165) is 25.4 Å². The lowest BCUT2D eigenvalue weighted by atomic mass is 10.2. The summed E-state index contributed by atoms with van der Waals surface area (Å²) in [4.78, 5) is 13.2. The monoisotopic (exact) mass is 183 g/mol. The first-order chi connectivity index (χ1) is 6.20. The van der Waals surface area contributed by atoms with Crippen LogP contribution < -0.4 is 0 Å². The number of hydrogen-bond acceptors (Lipinski definition) is 2. The molecule has 0 aromatic heterocycles. The summed E-state index contributed by atoms with van der Waals surface area (Å²) >= 11 is 0. The van der Waals surface area contributed by atoms with E-state index >= 15 is 0 Å². The lowest BCUT2D eigenvalue weighted by Gasteiger charge is -2.23. The SMILES string of the molecule is CC(=O)CCCN(C)C1CCCC1. The Labute approximate surface area is 81.3 Å². The third kappa shape index (κ3) is 3.90. The molecule has 0 aliphatic heterocycles. The summed E-state index contributed by atoms with van der Waals surface area (Å²) in [6.07, 6.45) is 7.27. The van der Waals surface area contributed by atoms with Gasteiger partial charge in [-0.25, -0.2) is 0 Å². The number of Topliss-reactive ketones (excluding diaryl/α,β-unsaturated/α-hetero) is 1. The van der Waals surface area contributed by atoms with Crippen molar-refractivity contribution in [1.82, 2.24) is 4.90 Å². The molecule has 13 heavy (non-hydrogen) atoms. The van der Waals surface area contributed by atoms with Gasteiger partial charge in [-0.15, -0.1) is 0 Å². The second-order valence-electron chi connectivity index (χ2n) is 4.22. The van der Waals surface area contributed by atoms with Crippen LogP contribution in [-0.2, 0) is 4.79 Å². The maximum absolute atomic E-state index is 10.7. The summed E-state index contributed by atoms with van der Waals surface area (Å²) in [5, 5.41) is 0. The van der Waals surface area contributed by atoms with Gasteiger partial charge in [0.15, 0.2) is 0 Å². The molecule has 1 saturated carbocycles. The van der Waals surface area contributed by atoms with Crippen LogP contribution in [0.1, 0.15) is 45.4 Å². The minimum absolute atomic E-state index is 0.319. The Morgan fingerprint density at radius 2 is 2.00 bits per heavy atom. The Balaban J connectivity index is 2.09. The van der Waals surface area contributed by atoms with E-state index < -0.39 is 0 Å². The molecule has 0 heterocycles. The van der Waals surface area contributed by atoms with Crippen molar-refractivity contribution in [1.29, 1.82) is 0 Å². The average Bonchev–Trinajstić information content (AvgIpc) is 2.55. The minimum atomic E-state index is 0.319. The van der Waals surface area contributed by atoms with Gasteiger partial charge < -0.3 is 9.69 Å². The van der Waals surface area contributed by atoms with E-state index in [2.05, 4.69) is 11.9 Å². The Morgan fingerprint density at radius 3 is 2.54 bits per heavy atom. The molecule has 0 aromatic rings. The molecule has 2 heteroatoms. The Bertz CT molecular complexity index is 161. The van der Waals surface area contributed by atoms with E-state index in [9.17, 15) is 4.79 Å². The number of carbonyl (C=O) groups is 1. The third-order valence-corrected chi connectivity index (χ3v) is 2.99. The van der Waals surface area contributed by atoms with Gasteiger partial charge in [0.25, 0.3) is 0 Å². The van der Waals surface area contributed by atoms with E-state index in [1.54, 1.807) is 6.92 Å². The van der Waals surface area contributed by atoms with E-state index in [4.69, 9.17) is 0 Å². The van der Waals surface area contributed by atoms with Gasteiger partial charge in [-0.2, -0.15) is 0 Å². The van der Waals surface area contributed by atoms with Crippen molar-refractivity contribution in [2.24, 2.45) is 0 Å². The zero-order chi connectivity index (χ0) is 9.68. The number of carbonyl (C=O) groups excluding carboxylic acids is 1. The van der Waals surface area contributed by atoms with Gasteiger partial charge >= 0.3 is 0 Å². The standard InChI is InChI=1S/C11H21NO/c1-10(13)6-5-9-12(2)11-7-3-4-8-11/h11H,3-9H2,1-2H3. The number of hydrogen-bond donors (Lipinski definition) is 0. The van der Waals surface area contributed by atoms with E-state index in [1.807, 2.05) is 0 Å². The highest BCUT2D eigenvalue weighted by Gasteiger charge is 2.18. The topological polar surface area (TPSA) is 20.3 Å². The summed E-state index contributed by atoms with van der Waals surface area (Å²) in [5.74, 6) is 0.319. The van der Waals surface area contributed by atoms with Crippen molar-refractivity contribution < 1.29 is 4.79 Å². The highest BCUT2D eigenvalue weighted by Crippen LogP contribution is 2.22. The van der Waals surface area contributed by atoms with E-state index in [1.165, 1.54) is 25.7 Å². The normalized spacial score (nSPS) is 18.4. The maximum Gasteiger partial charge on any atom is 0.129 e. The predicted molar refractivity (Wildman–Crippen MR) is 54.8 cm³/mol. The first-order valence-corrected chi connectivity index (χ1v) is 5.40. The van der Waals surface area contributed by atoms with Crippen LogP contribution in [0.2, 0.25) is 0 Å². The maximum atomic E-state index is 10.7. The average molecular weight is 183 g/mol. The second kappa shape index (κ2) is 5.38. The predicted octanol–water partition coefficient (Wildman–Crippen LogP) is 2.23. The van der Waals surface area contributed by atoms with Crippen LogP contribution in [-0.4, -0.2) is 30.3 Å². The molecule has 0 aromatic carbocycles. The Hall–Kier alpha value is -0.370. The highest BCUT2D eigenvalue weighted by molar-refractivity contribution is 5.75. The number of nitrogens with zero attached hydrogens (tertiary/aromatic N) is 1. The Kier molecular flexibility index (Phi) is 4.43. The van der Waals surface area contributed by atoms with Gasteiger partial charge in [0, 0.05) is 12.5 Å². The third-order valence-electron chi connectivity index (χ3n) is 2.99. The fourth-order valence-electron chi connectivity index (χ4n) is 2.11. The molecule has 0 saturated heterocycles. The molecule has 0 N–H and O–H groups in total. The molecule has 76 valence electrons.